The van der Waals surface area contributed by atoms with E-state index in [-0.39, 0.29) is 0 Å². The number of nitrogens with one attached hydrogen (secondary N) is 2. The van der Waals surface area contributed by atoms with Crippen molar-refractivity contribution < 1.29 is 124 Å². The lowest BCUT2D eigenvalue weighted by Crippen LogP contribution is -2.68. The first-order valence-electron chi connectivity index (χ1n) is 19.4. The molecule has 0 aromatic rings. The van der Waals surface area contributed by atoms with E-state index in [1.54, 1.807) is 0 Å². The summed E-state index contributed by atoms with van der Waals surface area (Å²) in [7, 11) is 0. The van der Waals surface area contributed by atoms with Crippen LogP contribution in [0, 0.1) is 0 Å². The van der Waals surface area contributed by atoms with Crippen molar-refractivity contribution in [3.63, 3.8) is 0 Å². The van der Waals surface area contributed by atoms with E-state index in [1.807, 2.05) is 0 Å². The molecule has 2 amide bonds. The minimum Gasteiger partial charge on any atom is -0.394 e. The lowest BCUT2D eigenvalue weighted by molar-refractivity contribution is -0.383. The Hall–Kier alpha value is -1.98. The Bertz CT molecular complexity index is 1370. The van der Waals surface area contributed by atoms with Crippen LogP contribution in [0.2, 0.25) is 0 Å². The van der Waals surface area contributed by atoms with Crippen LogP contribution in [0.25, 0.3) is 0 Å². The second-order valence-electron chi connectivity index (χ2n) is 15.2. The molecule has 4 saturated heterocycles. The zero-order valence-corrected chi connectivity index (χ0v) is 33.2. The maximum absolute atomic E-state index is 12.3. The Kier molecular flexibility index (Phi) is 19.3. The summed E-state index contributed by atoms with van der Waals surface area (Å²) in [6.45, 7) is -1.21. The topological polar surface area (TPSA) is 435 Å². The summed E-state index contributed by atoms with van der Waals surface area (Å²) in [4.78, 5) is 24.3. The van der Waals surface area contributed by atoms with Crippen molar-refractivity contribution in [2.75, 3.05) is 33.0 Å². The van der Waals surface area contributed by atoms with Gasteiger partial charge in [0.05, 0.1) is 45.2 Å². The van der Waals surface area contributed by atoms with Gasteiger partial charge in [0.2, 0.25) is 11.8 Å². The van der Waals surface area contributed by atoms with Crippen molar-refractivity contribution in [1.82, 2.24) is 10.6 Å². The van der Waals surface area contributed by atoms with Crippen LogP contribution in [0.1, 0.15) is 20.8 Å². The molecular formula is C34H60N2O25. The number of rotatable bonds is 18. The van der Waals surface area contributed by atoms with E-state index >= 15 is 0 Å². The second-order valence-corrected chi connectivity index (χ2v) is 15.2. The molecule has 4 fully saturated rings. The molecule has 4 aliphatic rings. The normalized spacial score (nSPS) is 44.1. The lowest BCUT2D eigenvalue weighted by Gasteiger charge is -2.49. The highest BCUT2D eigenvalue weighted by Gasteiger charge is 2.55. The van der Waals surface area contributed by atoms with Crippen LogP contribution in [0.3, 0.4) is 0 Å². The molecule has 0 unspecified atom stereocenters. The molecule has 4 heterocycles. The van der Waals surface area contributed by atoms with Crippen LogP contribution in [-0.4, -0.2) is 269 Å². The number of aliphatic hydroxyl groups excluding tert-OH is 15. The summed E-state index contributed by atoms with van der Waals surface area (Å²) in [5.41, 5.74) is 0. The van der Waals surface area contributed by atoms with Gasteiger partial charge in [-0.1, -0.05) is 0 Å². The number of aliphatic hydroxyl groups is 15. The first-order chi connectivity index (χ1) is 28.7. The number of hydrogen-bond donors (Lipinski definition) is 17. The first kappa shape index (κ1) is 51.7. The molecule has 0 aliphatic carbocycles. The van der Waals surface area contributed by atoms with Crippen LogP contribution in [-0.2, 0) is 47.5 Å². The lowest BCUT2D eigenvalue weighted by atomic mass is 9.95. The first-order valence-corrected chi connectivity index (χ1v) is 19.4. The quantitative estimate of drug-likeness (QED) is 0.0607. The fourth-order valence-corrected chi connectivity index (χ4v) is 7.26. The maximum atomic E-state index is 12.3. The summed E-state index contributed by atoms with van der Waals surface area (Å²) in [6.07, 6.45) is -39.6. The van der Waals surface area contributed by atoms with Crippen LogP contribution >= 0.6 is 0 Å². The number of carbonyl (C=O) groups is 2. The van der Waals surface area contributed by atoms with E-state index in [4.69, 9.17) is 37.9 Å². The highest BCUT2D eigenvalue weighted by atomic mass is 16.8. The fourth-order valence-electron chi connectivity index (χ4n) is 7.26. The van der Waals surface area contributed by atoms with Crippen molar-refractivity contribution >= 4 is 11.8 Å². The Morgan fingerprint density at radius 2 is 1.11 bits per heavy atom. The minimum absolute atomic E-state index is 0.754. The second kappa shape index (κ2) is 22.8. The third-order valence-electron chi connectivity index (χ3n) is 10.7. The highest BCUT2D eigenvalue weighted by Crippen LogP contribution is 2.34. The third-order valence-corrected chi connectivity index (χ3v) is 10.7. The standard InChI is InChI=1S/C34H60N2O25/c1-9-18(44)23(49)26(52)32(55-9)61-30-25(51)21(47)15(6-39)57-34(30)60-29-16(7-40)58-31(17(22(29)48)36-11(3)42)54-8-13(43)19(45)28(12(4-37)35-10(2)41)59-33-27(53)24(50)20(46)14(5-38)56-33/h9,12-34,37-40,43-53H,4-8H2,1-3H3,(H,35,41)(H,36,42)/t9-,12+,13-,14-,15-,16-,17-,18+,19+,20+,21+,22-,23+,24+,25+,26-,27-,28-,29-,30-,31-,32-,33+,34+/m1/s1. The zero-order valence-electron chi connectivity index (χ0n) is 33.2. The van der Waals surface area contributed by atoms with Gasteiger partial charge in [0.15, 0.2) is 25.2 Å². The van der Waals surface area contributed by atoms with Gasteiger partial charge in [-0.25, -0.2) is 0 Å². The number of amides is 2. The van der Waals surface area contributed by atoms with Crippen LogP contribution in [0.15, 0.2) is 0 Å². The van der Waals surface area contributed by atoms with Crippen molar-refractivity contribution in [2.45, 2.75) is 168 Å². The number of hydrogen-bond acceptors (Lipinski definition) is 25. The highest BCUT2D eigenvalue weighted by molar-refractivity contribution is 5.73. The molecule has 0 saturated carbocycles. The van der Waals surface area contributed by atoms with Gasteiger partial charge in [-0.2, -0.15) is 0 Å². The molecule has 61 heavy (non-hydrogen) atoms. The van der Waals surface area contributed by atoms with E-state index in [9.17, 15) is 86.2 Å². The Labute approximate surface area is 347 Å². The van der Waals surface area contributed by atoms with Crippen LogP contribution in [0.5, 0.6) is 0 Å². The minimum atomic E-state index is -2.17. The average Bonchev–Trinajstić information content (AvgIpc) is 3.22. The van der Waals surface area contributed by atoms with Gasteiger partial charge < -0.3 is 125 Å². The van der Waals surface area contributed by atoms with Gasteiger partial charge in [-0.15, -0.1) is 0 Å². The molecule has 4 aliphatic heterocycles. The molecule has 0 bridgehead atoms. The van der Waals surface area contributed by atoms with Gasteiger partial charge in [-0.05, 0) is 6.92 Å². The van der Waals surface area contributed by atoms with Crippen molar-refractivity contribution in [1.29, 1.82) is 0 Å². The summed E-state index contributed by atoms with van der Waals surface area (Å²) in [6, 6.07) is -3.19. The van der Waals surface area contributed by atoms with Gasteiger partial charge in [0, 0.05) is 13.8 Å². The summed E-state index contributed by atoms with van der Waals surface area (Å²) in [5.74, 6) is -1.54. The summed E-state index contributed by atoms with van der Waals surface area (Å²) < 4.78 is 45.1. The van der Waals surface area contributed by atoms with Gasteiger partial charge in [0.1, 0.15) is 110 Å². The van der Waals surface area contributed by atoms with E-state index < -0.39 is 192 Å². The SMILES string of the molecule is CC(=O)N[C@H]1[C@H](OC[C@@H](O)[C@H](O)[C@H](O[C@@H]2O[C@H](CO)[C@H](O)[C@H](O)[C@H]2O)[C@H](CO)NC(C)=O)O[C@H](CO)[C@@H](O[C@@H]2O[C@H](CO)[C@H](O)[C@H](O)[C@H]2O[C@H]2O[C@H](C)[C@H](O)[C@H](O)[C@H]2O)[C@@H]1O. The Morgan fingerprint density at radius 3 is 1.67 bits per heavy atom. The van der Waals surface area contributed by atoms with Crippen molar-refractivity contribution in [2.24, 2.45) is 0 Å². The van der Waals surface area contributed by atoms with E-state index in [0.717, 1.165) is 13.8 Å². The predicted octanol–water partition coefficient (Wildman–Crippen LogP) is -11.0. The van der Waals surface area contributed by atoms with Gasteiger partial charge >= 0.3 is 0 Å². The molecule has 27 heteroatoms. The van der Waals surface area contributed by atoms with Crippen molar-refractivity contribution in [3.8, 4) is 0 Å². The molecule has 356 valence electrons. The molecule has 4 rings (SSSR count). The Balaban J connectivity index is 1.54. The van der Waals surface area contributed by atoms with E-state index in [2.05, 4.69) is 10.6 Å². The molecule has 17 N–H and O–H groups in total. The fraction of sp³-hybridized carbons (Fsp3) is 0.941. The maximum Gasteiger partial charge on any atom is 0.217 e. The molecule has 0 aromatic carbocycles. The molecule has 0 aromatic heterocycles. The number of ether oxygens (including phenoxy) is 8. The smallest absolute Gasteiger partial charge is 0.217 e. The summed E-state index contributed by atoms with van der Waals surface area (Å²) >= 11 is 0. The van der Waals surface area contributed by atoms with Gasteiger partial charge in [0.25, 0.3) is 0 Å². The predicted molar refractivity (Wildman–Crippen MR) is 191 cm³/mol. The monoisotopic (exact) mass is 896 g/mol. The molecule has 24 atom stereocenters. The number of carbonyl (C=O) groups excluding carboxylic acids is 2. The van der Waals surface area contributed by atoms with Gasteiger partial charge in [-0.3, -0.25) is 9.59 Å². The van der Waals surface area contributed by atoms with Crippen molar-refractivity contribution in [3.05, 3.63) is 0 Å². The van der Waals surface area contributed by atoms with E-state index in [1.165, 1.54) is 6.92 Å². The van der Waals surface area contributed by atoms with Crippen LogP contribution < -0.4 is 10.6 Å². The molecule has 27 nitrogen and oxygen atoms in total. The molecular weight excluding hydrogens is 836 g/mol. The average molecular weight is 897 g/mol. The molecule has 0 spiro atoms. The zero-order chi connectivity index (χ0) is 45.6. The largest absolute Gasteiger partial charge is 0.394 e. The summed E-state index contributed by atoms with van der Waals surface area (Å²) in [5, 5.41) is 162. The molecule has 0 radical (unpaired) electrons. The Morgan fingerprint density at radius 1 is 0.590 bits per heavy atom. The van der Waals surface area contributed by atoms with Crippen LogP contribution in [0.4, 0.5) is 0 Å². The third kappa shape index (κ3) is 12.0. The van der Waals surface area contributed by atoms with E-state index in [0.29, 0.717) is 0 Å².